The van der Waals surface area contributed by atoms with Crippen LogP contribution in [0.5, 0.6) is 0 Å². The highest BCUT2D eigenvalue weighted by molar-refractivity contribution is 5.94. The normalized spacial score (nSPS) is 18.7. The number of nitrogens with zero attached hydrogens (tertiary/aromatic N) is 2. The summed E-state index contributed by atoms with van der Waals surface area (Å²) >= 11 is 0. The van der Waals surface area contributed by atoms with E-state index >= 15 is 0 Å². The van der Waals surface area contributed by atoms with Gasteiger partial charge < -0.3 is 15.7 Å². The van der Waals surface area contributed by atoms with Gasteiger partial charge in [-0.25, -0.2) is 4.68 Å². The van der Waals surface area contributed by atoms with E-state index in [1.807, 2.05) is 60.7 Å². The number of hydrogen-bond acceptors (Lipinski definition) is 4. The average molecular weight is 376 g/mol. The highest BCUT2D eigenvalue weighted by Crippen LogP contribution is 2.22. The van der Waals surface area contributed by atoms with Gasteiger partial charge in [0.25, 0.3) is 5.91 Å². The second-order valence-corrected chi connectivity index (χ2v) is 6.73. The van der Waals surface area contributed by atoms with Crippen LogP contribution in [0.4, 0.5) is 0 Å². The molecule has 1 aromatic heterocycles. The van der Waals surface area contributed by atoms with Crippen LogP contribution in [0.25, 0.3) is 16.9 Å². The van der Waals surface area contributed by atoms with E-state index in [-0.39, 0.29) is 11.9 Å². The SMILES string of the molecule is O=C(N[C@@H]1CN[C@H](C(=O)O)C1)c1cc(-c2ccccc2)nn1-c1ccccc1. The Balaban J connectivity index is 1.64. The molecule has 1 amide bonds. The van der Waals surface area contributed by atoms with Crippen molar-refractivity contribution in [2.24, 2.45) is 0 Å². The molecule has 7 heteroatoms. The first-order valence-electron chi connectivity index (χ1n) is 9.10. The van der Waals surface area contributed by atoms with Crippen molar-refractivity contribution in [1.82, 2.24) is 20.4 Å². The van der Waals surface area contributed by atoms with E-state index < -0.39 is 12.0 Å². The number of hydrogen-bond donors (Lipinski definition) is 3. The Kier molecular flexibility index (Phi) is 4.90. The minimum absolute atomic E-state index is 0.243. The topological polar surface area (TPSA) is 96.2 Å². The van der Waals surface area contributed by atoms with Crippen molar-refractivity contribution in [2.75, 3.05) is 6.54 Å². The second-order valence-electron chi connectivity index (χ2n) is 6.73. The lowest BCUT2D eigenvalue weighted by Gasteiger charge is -2.12. The van der Waals surface area contributed by atoms with E-state index in [4.69, 9.17) is 5.11 Å². The minimum atomic E-state index is -0.905. The first-order chi connectivity index (χ1) is 13.6. The van der Waals surface area contributed by atoms with Crippen LogP contribution < -0.4 is 10.6 Å². The molecule has 0 radical (unpaired) electrons. The lowest BCUT2D eigenvalue weighted by Crippen LogP contribution is -2.37. The van der Waals surface area contributed by atoms with Crippen LogP contribution in [-0.4, -0.2) is 45.4 Å². The number of carboxylic acids is 1. The van der Waals surface area contributed by atoms with Crippen molar-refractivity contribution in [3.63, 3.8) is 0 Å². The molecule has 2 aromatic carbocycles. The van der Waals surface area contributed by atoms with Crippen molar-refractivity contribution < 1.29 is 14.7 Å². The number of carbonyl (C=O) groups excluding carboxylic acids is 1. The maximum atomic E-state index is 13.0. The fraction of sp³-hybridized carbons (Fsp3) is 0.190. The van der Waals surface area contributed by atoms with Gasteiger partial charge in [0.1, 0.15) is 11.7 Å². The summed E-state index contributed by atoms with van der Waals surface area (Å²) in [4.78, 5) is 24.1. The van der Waals surface area contributed by atoms with Crippen LogP contribution >= 0.6 is 0 Å². The molecule has 0 saturated carbocycles. The van der Waals surface area contributed by atoms with Gasteiger partial charge in [-0.1, -0.05) is 48.5 Å². The monoisotopic (exact) mass is 376 g/mol. The third-order valence-corrected chi connectivity index (χ3v) is 4.78. The molecule has 0 aliphatic carbocycles. The summed E-state index contributed by atoms with van der Waals surface area (Å²) in [5, 5.41) is 19.6. The molecule has 28 heavy (non-hydrogen) atoms. The Morgan fingerprint density at radius 2 is 1.75 bits per heavy atom. The summed E-state index contributed by atoms with van der Waals surface area (Å²) in [5.74, 6) is -1.19. The first-order valence-corrected chi connectivity index (χ1v) is 9.10. The number of carboxylic acid groups (broad SMARTS) is 1. The van der Waals surface area contributed by atoms with Crippen molar-refractivity contribution in [3.05, 3.63) is 72.4 Å². The maximum absolute atomic E-state index is 13.0. The highest BCUT2D eigenvalue weighted by Gasteiger charge is 2.31. The highest BCUT2D eigenvalue weighted by atomic mass is 16.4. The summed E-state index contributed by atoms with van der Waals surface area (Å²) in [6, 6.07) is 20.0. The molecule has 4 rings (SSSR count). The fourth-order valence-corrected chi connectivity index (χ4v) is 3.35. The Labute approximate surface area is 162 Å². The molecule has 1 fully saturated rings. The van der Waals surface area contributed by atoms with Gasteiger partial charge in [-0.2, -0.15) is 5.10 Å². The van der Waals surface area contributed by atoms with Crippen molar-refractivity contribution >= 4 is 11.9 Å². The van der Waals surface area contributed by atoms with Crippen LogP contribution in [0, 0.1) is 0 Å². The molecule has 2 heterocycles. The molecule has 1 saturated heterocycles. The Morgan fingerprint density at radius 3 is 2.39 bits per heavy atom. The Morgan fingerprint density at radius 1 is 1.07 bits per heavy atom. The number of amides is 1. The first kappa shape index (κ1) is 17.9. The van der Waals surface area contributed by atoms with Gasteiger partial charge >= 0.3 is 5.97 Å². The molecular formula is C21H20N4O3. The summed E-state index contributed by atoms with van der Waals surface area (Å²) < 4.78 is 1.62. The van der Waals surface area contributed by atoms with Crippen molar-refractivity contribution in [3.8, 4) is 16.9 Å². The van der Waals surface area contributed by atoms with E-state index in [1.54, 1.807) is 10.7 Å². The molecule has 3 N–H and O–H groups in total. The van der Waals surface area contributed by atoms with Gasteiger partial charge in [-0.05, 0) is 24.6 Å². The van der Waals surface area contributed by atoms with Gasteiger partial charge in [-0.15, -0.1) is 0 Å². The molecule has 0 spiro atoms. The van der Waals surface area contributed by atoms with Gasteiger partial charge in [0, 0.05) is 18.2 Å². The third kappa shape index (κ3) is 3.65. The number of rotatable bonds is 5. The Hall–Kier alpha value is -3.45. The lowest BCUT2D eigenvalue weighted by molar-refractivity contribution is -0.139. The van der Waals surface area contributed by atoms with E-state index in [2.05, 4.69) is 15.7 Å². The van der Waals surface area contributed by atoms with Gasteiger partial charge in [-0.3, -0.25) is 9.59 Å². The third-order valence-electron chi connectivity index (χ3n) is 4.78. The van der Waals surface area contributed by atoms with Crippen molar-refractivity contribution in [2.45, 2.75) is 18.5 Å². The Bertz CT molecular complexity index is 985. The average Bonchev–Trinajstić information content (AvgIpc) is 3.37. The van der Waals surface area contributed by atoms with Crippen LogP contribution in [0.1, 0.15) is 16.9 Å². The zero-order valence-corrected chi connectivity index (χ0v) is 15.1. The molecule has 1 aliphatic heterocycles. The number of para-hydroxylation sites is 1. The van der Waals surface area contributed by atoms with E-state index in [9.17, 15) is 9.59 Å². The van der Waals surface area contributed by atoms with Crippen LogP contribution in [0.15, 0.2) is 66.7 Å². The zero-order chi connectivity index (χ0) is 19.5. The molecular weight excluding hydrogens is 356 g/mol. The molecule has 0 bridgehead atoms. The largest absolute Gasteiger partial charge is 0.480 e. The predicted octanol–water partition coefficient (Wildman–Crippen LogP) is 2.08. The number of benzene rings is 2. The predicted molar refractivity (Wildman–Crippen MR) is 104 cm³/mol. The summed E-state index contributed by atoms with van der Waals surface area (Å²) in [7, 11) is 0. The summed E-state index contributed by atoms with van der Waals surface area (Å²) in [6.07, 6.45) is 0.353. The fourth-order valence-electron chi connectivity index (χ4n) is 3.35. The van der Waals surface area contributed by atoms with Gasteiger partial charge in [0.15, 0.2) is 0 Å². The van der Waals surface area contributed by atoms with E-state index in [0.29, 0.717) is 24.4 Å². The lowest BCUT2D eigenvalue weighted by atomic mass is 10.1. The standard InChI is InChI=1S/C21H20N4O3/c26-20(23-15-11-18(21(27)28)22-13-15)19-12-17(14-7-3-1-4-8-14)24-25(19)16-9-5-2-6-10-16/h1-10,12,15,18,22H,11,13H2,(H,23,26)(H,27,28)/t15-,18-/m0/s1. The number of aromatic nitrogens is 2. The van der Waals surface area contributed by atoms with Crippen LogP contribution in [0.2, 0.25) is 0 Å². The van der Waals surface area contributed by atoms with Crippen molar-refractivity contribution in [1.29, 1.82) is 0 Å². The van der Waals surface area contributed by atoms with Crippen LogP contribution in [0.3, 0.4) is 0 Å². The van der Waals surface area contributed by atoms with Gasteiger partial charge in [0.05, 0.1) is 11.4 Å². The summed E-state index contributed by atoms with van der Waals surface area (Å²) in [5.41, 5.74) is 2.80. The van der Waals surface area contributed by atoms with Crippen LogP contribution in [-0.2, 0) is 4.79 Å². The molecule has 142 valence electrons. The molecule has 0 unspecified atom stereocenters. The zero-order valence-electron chi connectivity index (χ0n) is 15.1. The number of carbonyl (C=O) groups is 2. The molecule has 2 atom stereocenters. The quantitative estimate of drug-likeness (QED) is 0.634. The smallest absolute Gasteiger partial charge is 0.320 e. The maximum Gasteiger partial charge on any atom is 0.320 e. The summed E-state index contributed by atoms with van der Waals surface area (Å²) in [6.45, 7) is 0.424. The number of aliphatic carboxylic acids is 1. The minimum Gasteiger partial charge on any atom is -0.480 e. The van der Waals surface area contributed by atoms with E-state index in [1.165, 1.54) is 0 Å². The second kappa shape index (κ2) is 7.66. The number of nitrogens with one attached hydrogen (secondary N) is 2. The molecule has 7 nitrogen and oxygen atoms in total. The van der Waals surface area contributed by atoms with E-state index in [0.717, 1.165) is 11.3 Å². The molecule has 3 aromatic rings. The molecule has 1 aliphatic rings. The van der Waals surface area contributed by atoms with Gasteiger partial charge in [0.2, 0.25) is 0 Å².